The van der Waals surface area contributed by atoms with Gasteiger partial charge in [0.1, 0.15) is 0 Å². The fourth-order valence-electron chi connectivity index (χ4n) is 3.92. The molecule has 4 rings (SSSR count). The minimum absolute atomic E-state index is 0.0980. The number of nitrogens with one attached hydrogen (secondary N) is 1. The third kappa shape index (κ3) is 5.73. The number of carbonyl (C=O) groups is 2. The van der Waals surface area contributed by atoms with Gasteiger partial charge in [-0.2, -0.15) is 4.31 Å². The summed E-state index contributed by atoms with van der Waals surface area (Å²) in [5.74, 6) is -0.861. The van der Waals surface area contributed by atoms with Gasteiger partial charge >= 0.3 is 0 Å². The normalized spacial score (nSPS) is 16.1. The van der Waals surface area contributed by atoms with Gasteiger partial charge in [-0.15, -0.1) is 0 Å². The van der Waals surface area contributed by atoms with Crippen LogP contribution in [0, 0.1) is 12.8 Å². The van der Waals surface area contributed by atoms with Crippen LogP contribution in [0.15, 0.2) is 77.7 Å². The summed E-state index contributed by atoms with van der Waals surface area (Å²) in [7, 11) is -2.21. The van der Waals surface area contributed by atoms with Gasteiger partial charge in [0.2, 0.25) is 21.8 Å². The highest BCUT2D eigenvalue weighted by molar-refractivity contribution is 7.89. The Morgan fingerprint density at radius 1 is 1.03 bits per heavy atom. The van der Waals surface area contributed by atoms with Gasteiger partial charge < -0.3 is 10.2 Å². The van der Waals surface area contributed by atoms with Crippen molar-refractivity contribution in [3.63, 3.8) is 0 Å². The van der Waals surface area contributed by atoms with Crippen LogP contribution in [0.4, 0.5) is 11.4 Å². The molecule has 9 heteroatoms. The van der Waals surface area contributed by atoms with Crippen molar-refractivity contribution in [3.8, 4) is 0 Å². The van der Waals surface area contributed by atoms with Crippen LogP contribution in [0.3, 0.4) is 0 Å². The molecule has 0 spiro atoms. The largest absolute Gasteiger partial charge is 0.326 e. The van der Waals surface area contributed by atoms with Crippen molar-refractivity contribution in [1.82, 2.24) is 4.31 Å². The van der Waals surface area contributed by atoms with Gasteiger partial charge in [-0.1, -0.05) is 41.4 Å². The van der Waals surface area contributed by atoms with E-state index >= 15 is 0 Å². The van der Waals surface area contributed by atoms with E-state index in [1.165, 1.54) is 23.5 Å². The second-order valence-corrected chi connectivity index (χ2v) is 11.1. The SMILES string of the molecule is Cc1ccc(N2CC(C(=O)Nc3ccc(S(=O)(=O)N(C)Cc4ccc(Cl)cc4)cc3)CC2=O)cc1. The standard InChI is InChI=1S/C26H26ClN3O4S/c1-18-3-11-23(12-4-18)30-17-20(15-25(30)31)26(32)28-22-9-13-24(14-10-22)35(33,34)29(2)16-19-5-7-21(27)8-6-19/h3-14,20H,15-17H2,1-2H3,(H,28,32). The highest BCUT2D eigenvalue weighted by Gasteiger charge is 2.35. The van der Waals surface area contributed by atoms with Gasteiger partial charge in [0, 0.05) is 43.0 Å². The molecular weight excluding hydrogens is 486 g/mol. The lowest BCUT2D eigenvalue weighted by Gasteiger charge is -2.18. The molecule has 0 aliphatic carbocycles. The van der Waals surface area contributed by atoms with Crippen LogP contribution in [-0.4, -0.2) is 38.1 Å². The van der Waals surface area contributed by atoms with Crippen molar-refractivity contribution in [2.45, 2.75) is 24.8 Å². The molecule has 1 saturated heterocycles. The average Bonchev–Trinajstić information content (AvgIpc) is 3.23. The van der Waals surface area contributed by atoms with Crippen LogP contribution in [0.25, 0.3) is 0 Å². The van der Waals surface area contributed by atoms with E-state index in [0.717, 1.165) is 16.8 Å². The summed E-state index contributed by atoms with van der Waals surface area (Å²) in [6.45, 7) is 2.47. The van der Waals surface area contributed by atoms with Crippen molar-refractivity contribution in [1.29, 1.82) is 0 Å². The predicted molar refractivity (Wildman–Crippen MR) is 137 cm³/mol. The third-order valence-corrected chi connectivity index (χ3v) is 8.06. The number of anilines is 2. The van der Waals surface area contributed by atoms with Crippen LogP contribution in [0.1, 0.15) is 17.5 Å². The Morgan fingerprint density at radius 3 is 2.29 bits per heavy atom. The summed E-state index contributed by atoms with van der Waals surface area (Å²) >= 11 is 5.89. The number of amides is 2. The zero-order valence-corrected chi connectivity index (χ0v) is 21.0. The summed E-state index contributed by atoms with van der Waals surface area (Å²) in [5, 5.41) is 3.38. The highest BCUT2D eigenvalue weighted by Crippen LogP contribution is 2.27. The molecule has 182 valence electrons. The van der Waals surface area contributed by atoms with Gasteiger partial charge in [-0.25, -0.2) is 8.42 Å². The number of aryl methyl sites for hydroxylation is 1. The molecule has 0 bridgehead atoms. The Balaban J connectivity index is 1.38. The Hall–Kier alpha value is -3.20. The van der Waals surface area contributed by atoms with Crippen molar-refractivity contribution in [2.75, 3.05) is 23.8 Å². The van der Waals surface area contributed by atoms with Crippen LogP contribution >= 0.6 is 11.6 Å². The van der Waals surface area contributed by atoms with Crippen LogP contribution in [0.5, 0.6) is 0 Å². The first-order valence-corrected chi connectivity index (χ1v) is 12.9. The number of hydrogen-bond donors (Lipinski definition) is 1. The van der Waals surface area contributed by atoms with Gasteiger partial charge in [0.25, 0.3) is 0 Å². The number of nitrogens with zero attached hydrogens (tertiary/aromatic N) is 2. The number of rotatable bonds is 7. The number of benzene rings is 3. The van der Waals surface area contributed by atoms with Crippen LogP contribution in [0.2, 0.25) is 5.02 Å². The van der Waals surface area contributed by atoms with Crippen molar-refractivity contribution in [3.05, 3.63) is 88.9 Å². The number of halogens is 1. The first-order chi connectivity index (χ1) is 16.6. The van der Waals surface area contributed by atoms with E-state index < -0.39 is 15.9 Å². The van der Waals surface area contributed by atoms with E-state index in [1.807, 2.05) is 31.2 Å². The molecule has 1 fully saturated rings. The van der Waals surface area contributed by atoms with Crippen LogP contribution in [-0.2, 0) is 26.2 Å². The monoisotopic (exact) mass is 511 g/mol. The molecule has 1 heterocycles. The second-order valence-electron chi connectivity index (χ2n) is 8.64. The van der Waals surface area contributed by atoms with Crippen molar-refractivity contribution >= 4 is 44.8 Å². The maximum Gasteiger partial charge on any atom is 0.243 e. The Morgan fingerprint density at radius 2 is 1.66 bits per heavy atom. The molecule has 0 radical (unpaired) electrons. The van der Waals surface area contributed by atoms with E-state index in [1.54, 1.807) is 41.3 Å². The zero-order valence-electron chi connectivity index (χ0n) is 19.4. The van der Waals surface area contributed by atoms with E-state index in [0.29, 0.717) is 17.3 Å². The maximum absolute atomic E-state index is 12.9. The summed E-state index contributed by atoms with van der Waals surface area (Å²) < 4.78 is 27.1. The number of carbonyl (C=O) groups excluding carboxylic acids is 2. The number of sulfonamides is 1. The quantitative estimate of drug-likeness (QED) is 0.507. The second kappa shape index (κ2) is 10.2. The average molecular weight is 512 g/mol. The van der Waals surface area contributed by atoms with Crippen LogP contribution < -0.4 is 10.2 Å². The zero-order chi connectivity index (χ0) is 25.2. The highest BCUT2D eigenvalue weighted by atomic mass is 35.5. The molecule has 0 saturated carbocycles. The Bertz CT molecular complexity index is 1320. The van der Waals surface area contributed by atoms with E-state index in [4.69, 9.17) is 11.6 Å². The smallest absolute Gasteiger partial charge is 0.243 e. The minimum atomic E-state index is -3.72. The predicted octanol–water partition coefficient (Wildman–Crippen LogP) is 4.46. The molecule has 1 aliphatic rings. The molecule has 35 heavy (non-hydrogen) atoms. The number of hydrogen-bond acceptors (Lipinski definition) is 4. The molecule has 2 amide bonds. The topological polar surface area (TPSA) is 86.8 Å². The lowest BCUT2D eigenvalue weighted by Crippen LogP contribution is -2.28. The minimum Gasteiger partial charge on any atom is -0.326 e. The maximum atomic E-state index is 12.9. The molecular formula is C26H26ClN3O4S. The van der Waals surface area contributed by atoms with Gasteiger partial charge in [0.15, 0.2) is 0 Å². The molecule has 1 unspecified atom stereocenters. The molecule has 3 aromatic carbocycles. The first-order valence-electron chi connectivity index (χ1n) is 11.1. The molecule has 1 atom stereocenters. The molecule has 1 N–H and O–H groups in total. The first kappa shape index (κ1) is 24.9. The lowest BCUT2D eigenvalue weighted by atomic mass is 10.1. The summed E-state index contributed by atoms with van der Waals surface area (Å²) in [5.41, 5.74) is 3.15. The molecule has 1 aliphatic heterocycles. The molecule has 7 nitrogen and oxygen atoms in total. The fourth-order valence-corrected chi connectivity index (χ4v) is 5.21. The summed E-state index contributed by atoms with van der Waals surface area (Å²) in [6, 6.07) is 20.6. The van der Waals surface area contributed by atoms with Crippen molar-refractivity contribution < 1.29 is 18.0 Å². The van der Waals surface area contributed by atoms with Crippen molar-refractivity contribution in [2.24, 2.45) is 5.92 Å². The van der Waals surface area contributed by atoms with Gasteiger partial charge in [-0.3, -0.25) is 9.59 Å². The Kier molecular flexibility index (Phi) is 7.25. The Labute approximate surface area is 210 Å². The van der Waals surface area contributed by atoms with E-state index in [-0.39, 0.29) is 29.7 Å². The van der Waals surface area contributed by atoms with E-state index in [2.05, 4.69) is 5.32 Å². The molecule has 3 aromatic rings. The summed E-state index contributed by atoms with van der Waals surface area (Å²) in [6.07, 6.45) is 0.127. The third-order valence-electron chi connectivity index (χ3n) is 5.99. The van der Waals surface area contributed by atoms with Gasteiger partial charge in [0.05, 0.1) is 10.8 Å². The lowest BCUT2D eigenvalue weighted by molar-refractivity contribution is -0.122. The summed E-state index contributed by atoms with van der Waals surface area (Å²) in [4.78, 5) is 27.0. The fraction of sp³-hybridized carbons (Fsp3) is 0.231. The van der Waals surface area contributed by atoms with E-state index in [9.17, 15) is 18.0 Å². The molecule has 0 aromatic heterocycles. The van der Waals surface area contributed by atoms with Gasteiger partial charge in [-0.05, 0) is 61.0 Å².